The van der Waals surface area contributed by atoms with Gasteiger partial charge in [0.2, 0.25) is 0 Å². The van der Waals surface area contributed by atoms with E-state index in [1.54, 1.807) is 0 Å². The summed E-state index contributed by atoms with van der Waals surface area (Å²) in [6, 6.07) is 13.1. The first kappa shape index (κ1) is 18.4. The molecule has 1 fully saturated rings. The van der Waals surface area contributed by atoms with Crippen LogP contribution in [0.4, 0.5) is 5.69 Å². The van der Waals surface area contributed by atoms with Crippen LogP contribution in [0.3, 0.4) is 0 Å². The van der Waals surface area contributed by atoms with Crippen molar-refractivity contribution in [3.8, 4) is 5.75 Å². The molecule has 0 saturated carbocycles. The van der Waals surface area contributed by atoms with Crippen molar-refractivity contribution in [3.63, 3.8) is 0 Å². The molecule has 3 rings (SSSR count). The number of benzene rings is 2. The highest BCUT2D eigenvalue weighted by Crippen LogP contribution is 2.34. The fraction of sp³-hybridized carbons (Fsp3) is 0.263. The molecule has 8 heteroatoms. The number of carbonyl (C=O) groups excluding carboxylic acids is 1. The normalized spacial score (nSPS) is 18.9. The van der Waals surface area contributed by atoms with Gasteiger partial charge in [0.25, 0.3) is 5.91 Å². The summed E-state index contributed by atoms with van der Waals surface area (Å²) < 4.78 is 4.95. The average Bonchev–Trinajstić information content (AvgIpc) is 3.13. The van der Waals surface area contributed by atoms with Gasteiger partial charge in [-0.1, -0.05) is 30.3 Å². The van der Waals surface area contributed by atoms with E-state index in [4.69, 9.17) is 4.74 Å². The van der Waals surface area contributed by atoms with Crippen molar-refractivity contribution in [2.75, 3.05) is 20.2 Å². The number of carbonyl (C=O) groups is 2. The maximum Gasteiger partial charge on any atom is 0.311 e. The van der Waals surface area contributed by atoms with E-state index in [1.165, 1.54) is 24.1 Å². The Balaban J connectivity index is 1.88. The molecule has 0 spiro atoms. The third-order valence-electron chi connectivity index (χ3n) is 4.77. The van der Waals surface area contributed by atoms with E-state index in [9.17, 15) is 24.8 Å². The first-order valence-electron chi connectivity index (χ1n) is 8.31. The van der Waals surface area contributed by atoms with Gasteiger partial charge in [0, 0.05) is 30.6 Å². The number of likely N-dealkylation sites (tertiary alicyclic amines) is 1. The SMILES string of the molecule is COc1ccc(C(=O)N2C[C@H](C(=O)O)[C@H](c3ccccc3)C2)cc1[N+](=O)[O-]. The Morgan fingerprint density at radius 3 is 2.48 bits per heavy atom. The number of methoxy groups -OCH3 is 1. The Morgan fingerprint density at radius 2 is 1.89 bits per heavy atom. The minimum Gasteiger partial charge on any atom is -0.490 e. The molecule has 1 heterocycles. The van der Waals surface area contributed by atoms with Gasteiger partial charge < -0.3 is 14.7 Å². The molecule has 2 aromatic carbocycles. The number of carboxylic acids is 1. The summed E-state index contributed by atoms with van der Waals surface area (Å²) in [6.45, 7) is 0.285. The van der Waals surface area contributed by atoms with Crippen molar-refractivity contribution in [2.24, 2.45) is 5.92 Å². The molecule has 2 atom stereocenters. The van der Waals surface area contributed by atoms with Crippen molar-refractivity contribution in [1.82, 2.24) is 4.90 Å². The molecule has 1 aliphatic rings. The first-order valence-corrected chi connectivity index (χ1v) is 8.31. The number of aliphatic carboxylic acids is 1. The van der Waals surface area contributed by atoms with Crippen LogP contribution in [0, 0.1) is 16.0 Å². The molecule has 0 bridgehead atoms. The van der Waals surface area contributed by atoms with Crippen LogP contribution < -0.4 is 4.74 Å². The Labute approximate surface area is 155 Å². The second kappa shape index (κ2) is 7.45. The smallest absolute Gasteiger partial charge is 0.311 e. The highest BCUT2D eigenvalue weighted by molar-refractivity contribution is 5.96. The summed E-state index contributed by atoms with van der Waals surface area (Å²) in [5, 5.41) is 20.7. The van der Waals surface area contributed by atoms with Crippen LogP contribution in [0.15, 0.2) is 48.5 Å². The van der Waals surface area contributed by atoms with Crippen LogP contribution in [0.2, 0.25) is 0 Å². The molecular weight excluding hydrogens is 352 g/mol. The molecule has 8 nitrogen and oxygen atoms in total. The predicted molar refractivity (Wildman–Crippen MR) is 95.9 cm³/mol. The summed E-state index contributed by atoms with van der Waals surface area (Å²) in [6.07, 6.45) is 0. The van der Waals surface area contributed by atoms with Gasteiger partial charge in [0.1, 0.15) is 0 Å². The number of carboxylic acid groups (broad SMARTS) is 1. The summed E-state index contributed by atoms with van der Waals surface area (Å²) in [7, 11) is 1.31. The van der Waals surface area contributed by atoms with Crippen LogP contribution >= 0.6 is 0 Å². The fourth-order valence-electron chi connectivity index (χ4n) is 3.41. The Hall–Kier alpha value is -3.42. The minimum absolute atomic E-state index is 0.0492. The largest absolute Gasteiger partial charge is 0.490 e. The van der Waals surface area contributed by atoms with Crippen molar-refractivity contribution in [3.05, 3.63) is 69.8 Å². The zero-order valence-electron chi connectivity index (χ0n) is 14.6. The van der Waals surface area contributed by atoms with Gasteiger partial charge in [-0.2, -0.15) is 0 Å². The van der Waals surface area contributed by atoms with Crippen molar-refractivity contribution in [1.29, 1.82) is 0 Å². The highest BCUT2D eigenvalue weighted by atomic mass is 16.6. The number of nitrogens with zero attached hydrogens (tertiary/aromatic N) is 2. The molecule has 0 aliphatic carbocycles. The lowest BCUT2D eigenvalue weighted by atomic mass is 9.89. The first-order chi connectivity index (χ1) is 12.9. The molecule has 1 saturated heterocycles. The van der Waals surface area contributed by atoms with Gasteiger partial charge >= 0.3 is 11.7 Å². The van der Waals surface area contributed by atoms with Crippen molar-refractivity contribution in [2.45, 2.75) is 5.92 Å². The van der Waals surface area contributed by atoms with Gasteiger partial charge in [-0.25, -0.2) is 0 Å². The van der Waals surface area contributed by atoms with E-state index in [-0.39, 0.29) is 36.0 Å². The van der Waals surface area contributed by atoms with E-state index >= 15 is 0 Å². The number of amides is 1. The van der Waals surface area contributed by atoms with Crippen LogP contribution in [0.5, 0.6) is 5.75 Å². The van der Waals surface area contributed by atoms with Gasteiger partial charge in [-0.15, -0.1) is 0 Å². The molecule has 0 radical (unpaired) electrons. The van der Waals surface area contributed by atoms with Gasteiger partial charge in [-0.3, -0.25) is 19.7 Å². The van der Waals surface area contributed by atoms with Crippen LogP contribution in [0.1, 0.15) is 21.8 Å². The number of ether oxygens (including phenoxy) is 1. The zero-order valence-corrected chi connectivity index (χ0v) is 14.6. The summed E-state index contributed by atoms with van der Waals surface area (Å²) in [4.78, 5) is 36.5. The average molecular weight is 370 g/mol. The molecule has 1 aliphatic heterocycles. The second-order valence-electron chi connectivity index (χ2n) is 6.32. The lowest BCUT2D eigenvalue weighted by Crippen LogP contribution is -2.30. The number of hydrogen-bond donors (Lipinski definition) is 1. The third-order valence-corrected chi connectivity index (χ3v) is 4.77. The predicted octanol–water partition coefficient (Wildman–Crippen LogP) is 2.54. The Morgan fingerprint density at radius 1 is 1.19 bits per heavy atom. The highest BCUT2D eigenvalue weighted by Gasteiger charge is 2.40. The summed E-state index contributed by atoms with van der Waals surface area (Å²) in [5.41, 5.74) is 0.665. The number of nitro benzene ring substituents is 1. The number of rotatable bonds is 5. The second-order valence-corrected chi connectivity index (χ2v) is 6.32. The molecule has 2 aromatic rings. The third kappa shape index (κ3) is 3.59. The molecule has 1 amide bonds. The standard InChI is InChI=1S/C19H18N2O6/c1-27-17-8-7-13(9-16(17)21(25)26)18(22)20-10-14(15(11-20)19(23)24)12-5-3-2-4-6-12/h2-9,14-15H,10-11H2,1H3,(H,23,24)/t14-,15-/m0/s1. The minimum atomic E-state index is -0.972. The van der Waals surface area contributed by atoms with E-state index in [0.717, 1.165) is 11.6 Å². The number of nitro groups is 1. The Bertz CT molecular complexity index is 883. The van der Waals surface area contributed by atoms with E-state index in [2.05, 4.69) is 0 Å². The van der Waals surface area contributed by atoms with Crippen molar-refractivity contribution < 1.29 is 24.4 Å². The lowest BCUT2D eigenvalue weighted by molar-refractivity contribution is -0.385. The van der Waals surface area contributed by atoms with Gasteiger partial charge in [0.15, 0.2) is 5.75 Å². The molecule has 27 heavy (non-hydrogen) atoms. The molecule has 0 aromatic heterocycles. The van der Waals surface area contributed by atoms with E-state index in [0.29, 0.717) is 0 Å². The van der Waals surface area contributed by atoms with E-state index < -0.39 is 22.7 Å². The summed E-state index contributed by atoms with van der Waals surface area (Å²) in [5.74, 6) is -2.42. The quantitative estimate of drug-likeness (QED) is 0.640. The summed E-state index contributed by atoms with van der Waals surface area (Å²) >= 11 is 0. The van der Waals surface area contributed by atoms with Crippen LogP contribution in [-0.2, 0) is 4.79 Å². The maximum absolute atomic E-state index is 12.8. The molecule has 140 valence electrons. The number of hydrogen-bond acceptors (Lipinski definition) is 5. The maximum atomic E-state index is 12.8. The monoisotopic (exact) mass is 370 g/mol. The molecular formula is C19H18N2O6. The molecule has 0 unspecified atom stereocenters. The fourth-order valence-corrected chi connectivity index (χ4v) is 3.41. The van der Waals surface area contributed by atoms with Gasteiger partial charge in [0.05, 0.1) is 18.0 Å². The molecule has 1 N–H and O–H groups in total. The van der Waals surface area contributed by atoms with Crippen molar-refractivity contribution >= 4 is 17.6 Å². The Kier molecular flexibility index (Phi) is 5.07. The topological polar surface area (TPSA) is 110 Å². The van der Waals surface area contributed by atoms with Crippen LogP contribution in [0.25, 0.3) is 0 Å². The van der Waals surface area contributed by atoms with Crippen LogP contribution in [-0.4, -0.2) is 47.0 Å². The van der Waals surface area contributed by atoms with Gasteiger partial charge in [-0.05, 0) is 17.7 Å². The lowest BCUT2D eigenvalue weighted by Gasteiger charge is -2.17. The van der Waals surface area contributed by atoms with E-state index in [1.807, 2.05) is 30.3 Å². The zero-order chi connectivity index (χ0) is 19.6.